The molecule has 0 aromatic rings. The maximum atomic E-state index is 6.57. The average molecular weight is 260 g/mol. The molecule has 0 aliphatic heterocycles. The topological polar surface area (TPSA) is 9.23 Å². The van der Waals surface area contributed by atoms with Gasteiger partial charge in [-0.15, -0.1) is 0 Å². The zero-order valence-electron chi connectivity index (χ0n) is 11.1. The van der Waals surface area contributed by atoms with Gasteiger partial charge >= 0.3 is 0 Å². The van der Waals surface area contributed by atoms with Crippen molar-refractivity contribution in [2.45, 2.75) is 39.0 Å². The summed E-state index contributed by atoms with van der Waals surface area (Å²) in [5.41, 5.74) is 0. The van der Waals surface area contributed by atoms with Gasteiger partial charge in [-0.2, -0.15) is 0 Å². The van der Waals surface area contributed by atoms with Crippen LogP contribution in [0.5, 0.6) is 0 Å². The van der Waals surface area contributed by atoms with Crippen molar-refractivity contribution in [1.82, 2.24) is 0 Å². The Kier molecular flexibility index (Phi) is 3.43. The summed E-state index contributed by atoms with van der Waals surface area (Å²) < 4.78 is 6.57. The van der Waals surface area contributed by atoms with Crippen LogP contribution in [0.3, 0.4) is 0 Å². The highest BCUT2D eigenvalue weighted by Gasteiger charge is 2.37. The van der Waals surface area contributed by atoms with Gasteiger partial charge in [0.2, 0.25) is 16.6 Å². The first-order valence-electron chi connectivity index (χ1n) is 6.18. The van der Waals surface area contributed by atoms with Crippen LogP contribution in [0.2, 0.25) is 26.2 Å². The van der Waals surface area contributed by atoms with Gasteiger partial charge in [0.15, 0.2) is 0 Å². The zero-order chi connectivity index (χ0) is 12.5. The molecule has 0 saturated heterocycles. The van der Waals surface area contributed by atoms with E-state index in [0.29, 0.717) is 0 Å². The van der Waals surface area contributed by atoms with Gasteiger partial charge in [0.05, 0.1) is 0 Å². The summed E-state index contributed by atoms with van der Waals surface area (Å²) in [7, 11) is -3.57. The predicted octanol–water partition coefficient (Wildman–Crippen LogP) is 3.87. The van der Waals surface area contributed by atoms with Gasteiger partial charge in [-0.05, 0) is 61.6 Å². The molecule has 2 rings (SSSR count). The zero-order valence-corrected chi connectivity index (χ0v) is 13.1. The van der Waals surface area contributed by atoms with E-state index in [0.717, 1.165) is 12.8 Å². The van der Waals surface area contributed by atoms with E-state index >= 15 is 0 Å². The molecule has 0 heterocycles. The summed E-state index contributed by atoms with van der Waals surface area (Å²) in [5, 5.41) is 2.64. The largest absolute Gasteiger partial charge is 0.449 e. The van der Waals surface area contributed by atoms with Crippen molar-refractivity contribution < 1.29 is 4.12 Å². The molecule has 3 heteroatoms. The molecule has 1 nitrogen and oxygen atoms in total. The van der Waals surface area contributed by atoms with Gasteiger partial charge in [-0.25, -0.2) is 0 Å². The molecule has 0 aromatic heterocycles. The van der Waals surface area contributed by atoms with Crippen molar-refractivity contribution in [3.63, 3.8) is 0 Å². The summed E-state index contributed by atoms with van der Waals surface area (Å²) in [4.78, 5) is 0. The Morgan fingerprint density at radius 3 is 1.59 bits per heavy atom. The van der Waals surface area contributed by atoms with Gasteiger partial charge in [0.25, 0.3) is 0 Å². The quantitative estimate of drug-likeness (QED) is 0.697. The number of allylic oxidation sites excluding steroid dienone is 8. The van der Waals surface area contributed by atoms with E-state index in [1.165, 1.54) is 10.4 Å². The van der Waals surface area contributed by atoms with Gasteiger partial charge in [-0.1, -0.05) is 24.3 Å². The third-order valence-corrected chi connectivity index (χ3v) is 10.6. The van der Waals surface area contributed by atoms with Gasteiger partial charge < -0.3 is 4.12 Å². The lowest BCUT2D eigenvalue weighted by Crippen LogP contribution is -2.46. The van der Waals surface area contributed by atoms with Crippen molar-refractivity contribution in [1.29, 1.82) is 0 Å². The molecule has 0 bridgehead atoms. The van der Waals surface area contributed by atoms with Gasteiger partial charge in [-0.3, -0.25) is 0 Å². The molecule has 0 spiro atoms. The van der Waals surface area contributed by atoms with Crippen LogP contribution in [0, 0.1) is 12.2 Å². The Morgan fingerprint density at radius 1 is 0.882 bits per heavy atom. The second kappa shape index (κ2) is 4.55. The normalized spacial score (nSPS) is 19.8. The van der Waals surface area contributed by atoms with E-state index in [9.17, 15) is 0 Å². The highest BCUT2D eigenvalue weighted by molar-refractivity contribution is 6.92. The third kappa shape index (κ3) is 2.79. The molecule has 2 aliphatic carbocycles. The maximum Gasteiger partial charge on any atom is 0.206 e. The monoisotopic (exact) mass is 260 g/mol. The number of rotatable bonds is 4. The fraction of sp³-hybridized carbons (Fsp3) is 0.429. The van der Waals surface area contributed by atoms with Crippen LogP contribution in [0.25, 0.3) is 0 Å². The first kappa shape index (κ1) is 12.8. The molecule has 0 unspecified atom stereocenters. The number of hydrogen-bond acceptors (Lipinski definition) is 1. The van der Waals surface area contributed by atoms with Crippen molar-refractivity contribution in [3.8, 4) is 0 Å². The van der Waals surface area contributed by atoms with Crippen LogP contribution >= 0.6 is 0 Å². The second-order valence-corrected chi connectivity index (χ2v) is 13.5. The van der Waals surface area contributed by atoms with E-state index in [1.54, 1.807) is 0 Å². The van der Waals surface area contributed by atoms with Crippen LogP contribution < -0.4 is 0 Å². The maximum absolute atomic E-state index is 6.57. The van der Waals surface area contributed by atoms with Crippen LogP contribution in [0.1, 0.15) is 12.8 Å². The molecule has 90 valence electrons. The SMILES string of the molecule is C[Si](C)(O[Si](C)(C)C1=[C]CC=C1)C1=[C]CC=C1. The summed E-state index contributed by atoms with van der Waals surface area (Å²) >= 11 is 0. The lowest BCUT2D eigenvalue weighted by atomic mass is 10.5. The van der Waals surface area contributed by atoms with Crippen LogP contribution in [0.4, 0.5) is 0 Å². The summed E-state index contributed by atoms with van der Waals surface area (Å²) in [6.45, 7) is 9.11. The molecule has 2 aliphatic rings. The molecule has 0 saturated carbocycles. The van der Waals surface area contributed by atoms with Gasteiger partial charge in [0, 0.05) is 0 Å². The summed E-state index contributed by atoms with van der Waals surface area (Å²) in [6, 6.07) is 0. The Labute approximate surface area is 107 Å². The highest BCUT2D eigenvalue weighted by Crippen LogP contribution is 2.30. The van der Waals surface area contributed by atoms with Crippen molar-refractivity contribution in [2.75, 3.05) is 0 Å². The Morgan fingerprint density at radius 2 is 1.29 bits per heavy atom. The van der Waals surface area contributed by atoms with Gasteiger partial charge in [0.1, 0.15) is 0 Å². The average Bonchev–Trinajstić information content (AvgIpc) is 2.91. The lowest BCUT2D eigenvalue weighted by molar-refractivity contribution is 0.564. The molecule has 0 atom stereocenters. The second-order valence-electron chi connectivity index (χ2n) is 5.52. The Hall–Kier alpha value is -0.646. The molecule has 17 heavy (non-hydrogen) atoms. The summed E-state index contributed by atoms with van der Waals surface area (Å²) in [5.74, 6) is 0. The van der Waals surface area contributed by atoms with E-state index in [-0.39, 0.29) is 0 Å². The third-order valence-electron chi connectivity index (χ3n) is 3.20. The molecule has 0 N–H and O–H groups in total. The van der Waals surface area contributed by atoms with Crippen LogP contribution in [-0.4, -0.2) is 16.6 Å². The number of hydrogen-bond donors (Lipinski definition) is 0. The van der Waals surface area contributed by atoms with Crippen molar-refractivity contribution in [3.05, 3.63) is 46.8 Å². The first-order valence-corrected chi connectivity index (χ1v) is 12.0. The smallest absolute Gasteiger partial charge is 0.206 e. The van der Waals surface area contributed by atoms with E-state index < -0.39 is 16.6 Å². The predicted molar refractivity (Wildman–Crippen MR) is 77.1 cm³/mol. The minimum Gasteiger partial charge on any atom is -0.449 e. The minimum atomic E-state index is -1.79. The van der Waals surface area contributed by atoms with Crippen LogP contribution in [-0.2, 0) is 4.12 Å². The minimum absolute atomic E-state index is 0.950. The summed E-state index contributed by atoms with van der Waals surface area (Å²) in [6.07, 6.45) is 17.5. The highest BCUT2D eigenvalue weighted by atomic mass is 28.4. The van der Waals surface area contributed by atoms with Crippen LogP contribution in [0.15, 0.2) is 34.7 Å². The van der Waals surface area contributed by atoms with E-state index in [1.807, 2.05) is 0 Å². The fourth-order valence-electron chi connectivity index (χ4n) is 2.38. The lowest BCUT2D eigenvalue weighted by Gasteiger charge is -2.34. The standard InChI is InChI=1S/C14H20OSi2/c1-16(2,13-9-5-6-10-13)15-17(3,4)14-11-7-8-12-14/h5,7,9,11H,6,8H2,1-4H3. The van der Waals surface area contributed by atoms with Crippen molar-refractivity contribution in [2.24, 2.45) is 0 Å². The fourth-order valence-corrected chi connectivity index (χ4v) is 10.5. The van der Waals surface area contributed by atoms with E-state index in [4.69, 9.17) is 4.12 Å². The molecule has 0 amide bonds. The molecular formula is C14H20OSi2. The molecular weight excluding hydrogens is 240 g/mol. The molecule has 2 radical (unpaired) electrons. The van der Waals surface area contributed by atoms with Crippen molar-refractivity contribution >= 4 is 16.6 Å². The molecule has 0 fully saturated rings. The molecule has 0 aromatic carbocycles. The first-order chi connectivity index (χ1) is 7.92. The Bertz CT molecular complexity index is 386. The van der Waals surface area contributed by atoms with E-state index in [2.05, 4.69) is 62.6 Å². The Balaban J connectivity index is 2.14.